The monoisotopic (exact) mass is 366 g/mol. The van der Waals surface area contributed by atoms with E-state index < -0.39 is 18.1 Å². The number of nitriles is 1. The number of ether oxygens (including phenoxy) is 1. The fourth-order valence-corrected chi connectivity index (χ4v) is 2.90. The third-order valence-corrected chi connectivity index (χ3v) is 4.45. The van der Waals surface area contributed by atoms with Gasteiger partial charge in [-0.25, -0.2) is 9.78 Å². The number of carbonyl (C=O) groups is 2. The minimum Gasteiger partial charge on any atom is -0.497 e. The molecular formula is C19H18N4O4. The number of aromatic nitrogens is 1. The Morgan fingerprint density at radius 3 is 2.67 bits per heavy atom. The number of β-lactam (4-membered cyclic amide) rings is 1. The number of nitrogens with one attached hydrogen (secondary N) is 1. The molecule has 0 aliphatic carbocycles. The molecule has 2 amide bonds. The number of anilines is 1. The van der Waals surface area contributed by atoms with Gasteiger partial charge in [-0.05, 0) is 41.8 Å². The SMILES string of the molecule is COc1ccc(CN(C(=O)O)c2cc(CC3C(=O)NC3C#N)ccn2)cc1. The highest BCUT2D eigenvalue weighted by Gasteiger charge is 2.39. The maximum absolute atomic E-state index is 11.7. The van der Waals surface area contributed by atoms with Crippen LogP contribution in [0.4, 0.5) is 10.6 Å². The van der Waals surface area contributed by atoms with Gasteiger partial charge in [-0.2, -0.15) is 5.26 Å². The van der Waals surface area contributed by atoms with Crippen molar-refractivity contribution >= 4 is 17.8 Å². The molecule has 0 saturated carbocycles. The third-order valence-electron chi connectivity index (χ3n) is 4.45. The predicted octanol–water partition coefficient (Wildman–Crippen LogP) is 1.96. The number of carboxylic acid groups (broad SMARTS) is 1. The number of hydrogen-bond acceptors (Lipinski definition) is 5. The summed E-state index contributed by atoms with van der Waals surface area (Å²) in [4.78, 5) is 28.7. The molecule has 138 valence electrons. The molecule has 8 heteroatoms. The summed E-state index contributed by atoms with van der Waals surface area (Å²) >= 11 is 0. The number of pyridine rings is 1. The van der Waals surface area contributed by atoms with E-state index in [-0.39, 0.29) is 18.3 Å². The highest BCUT2D eigenvalue weighted by molar-refractivity contribution is 5.87. The van der Waals surface area contributed by atoms with E-state index in [9.17, 15) is 14.7 Å². The molecule has 2 N–H and O–H groups in total. The molecular weight excluding hydrogens is 348 g/mol. The smallest absolute Gasteiger partial charge is 0.413 e. The van der Waals surface area contributed by atoms with Crippen LogP contribution in [-0.4, -0.2) is 35.2 Å². The van der Waals surface area contributed by atoms with Gasteiger partial charge in [-0.15, -0.1) is 0 Å². The summed E-state index contributed by atoms with van der Waals surface area (Å²) in [5.74, 6) is 0.356. The number of rotatable bonds is 6. The topological polar surface area (TPSA) is 116 Å². The number of hydrogen-bond donors (Lipinski definition) is 2. The van der Waals surface area contributed by atoms with Gasteiger partial charge >= 0.3 is 6.09 Å². The molecule has 2 atom stereocenters. The summed E-state index contributed by atoms with van der Waals surface area (Å²) in [6.07, 6.45) is 0.731. The lowest BCUT2D eigenvalue weighted by Gasteiger charge is -2.31. The van der Waals surface area contributed by atoms with Gasteiger partial charge in [0, 0.05) is 6.20 Å². The summed E-state index contributed by atoms with van der Waals surface area (Å²) in [7, 11) is 1.56. The summed E-state index contributed by atoms with van der Waals surface area (Å²) in [5.41, 5.74) is 1.54. The van der Waals surface area contributed by atoms with Gasteiger partial charge in [0.05, 0.1) is 25.6 Å². The van der Waals surface area contributed by atoms with Crippen molar-refractivity contribution in [1.82, 2.24) is 10.3 Å². The van der Waals surface area contributed by atoms with Crippen LogP contribution in [0.2, 0.25) is 0 Å². The Morgan fingerprint density at radius 1 is 1.33 bits per heavy atom. The van der Waals surface area contributed by atoms with Crippen LogP contribution in [-0.2, 0) is 17.8 Å². The first-order valence-corrected chi connectivity index (χ1v) is 8.30. The Balaban J connectivity index is 1.78. The molecule has 27 heavy (non-hydrogen) atoms. The Labute approximate surface area is 156 Å². The van der Waals surface area contributed by atoms with Crippen LogP contribution in [0.1, 0.15) is 11.1 Å². The lowest BCUT2D eigenvalue weighted by molar-refractivity contribution is -0.133. The first kappa shape index (κ1) is 18.2. The third kappa shape index (κ3) is 3.98. The van der Waals surface area contributed by atoms with E-state index in [1.54, 1.807) is 43.5 Å². The highest BCUT2D eigenvalue weighted by atomic mass is 16.5. The van der Waals surface area contributed by atoms with E-state index in [1.807, 2.05) is 6.07 Å². The first-order valence-electron chi connectivity index (χ1n) is 8.30. The van der Waals surface area contributed by atoms with Gasteiger partial charge in [-0.3, -0.25) is 9.69 Å². The molecule has 1 aliphatic rings. The zero-order valence-corrected chi connectivity index (χ0v) is 14.6. The van der Waals surface area contributed by atoms with Crippen LogP contribution < -0.4 is 15.0 Å². The van der Waals surface area contributed by atoms with E-state index in [2.05, 4.69) is 10.3 Å². The molecule has 2 unspecified atom stereocenters. The normalized spacial score (nSPS) is 18.0. The Bertz CT molecular complexity index is 891. The zero-order valence-electron chi connectivity index (χ0n) is 14.6. The average molecular weight is 366 g/mol. The van der Waals surface area contributed by atoms with Gasteiger partial charge < -0.3 is 15.2 Å². The van der Waals surface area contributed by atoms with Crippen molar-refractivity contribution in [2.24, 2.45) is 5.92 Å². The highest BCUT2D eigenvalue weighted by Crippen LogP contribution is 2.23. The predicted molar refractivity (Wildman–Crippen MR) is 96.2 cm³/mol. The maximum Gasteiger partial charge on any atom is 0.413 e. The van der Waals surface area contributed by atoms with Crippen molar-refractivity contribution in [3.63, 3.8) is 0 Å². The lowest BCUT2D eigenvalue weighted by Crippen LogP contribution is -2.58. The van der Waals surface area contributed by atoms with Crippen LogP contribution in [0.3, 0.4) is 0 Å². The van der Waals surface area contributed by atoms with Crippen molar-refractivity contribution in [2.45, 2.75) is 19.0 Å². The Hall–Kier alpha value is -3.60. The fraction of sp³-hybridized carbons (Fsp3) is 0.263. The molecule has 0 spiro atoms. The van der Waals surface area contributed by atoms with Gasteiger partial charge in [0.2, 0.25) is 5.91 Å². The quantitative estimate of drug-likeness (QED) is 0.755. The second kappa shape index (κ2) is 7.74. The summed E-state index contributed by atoms with van der Waals surface area (Å²) in [6, 6.07) is 12.0. The van der Waals surface area contributed by atoms with Crippen LogP contribution in [0.15, 0.2) is 42.6 Å². The molecule has 2 aromatic rings. The number of methoxy groups -OCH3 is 1. The minimum atomic E-state index is -1.13. The van der Waals surface area contributed by atoms with Crippen LogP contribution in [0, 0.1) is 17.2 Å². The Kier molecular flexibility index (Phi) is 5.22. The summed E-state index contributed by atoms with van der Waals surface area (Å²) in [6.45, 7) is 0.126. The van der Waals surface area contributed by atoms with E-state index in [0.717, 1.165) is 16.0 Å². The molecule has 1 aromatic carbocycles. The first-order chi connectivity index (χ1) is 13.0. The molecule has 1 aromatic heterocycles. The van der Waals surface area contributed by atoms with Crippen LogP contribution in [0.5, 0.6) is 5.75 Å². The molecule has 0 radical (unpaired) electrons. The second-order valence-electron chi connectivity index (χ2n) is 6.17. The minimum absolute atomic E-state index is 0.126. The summed E-state index contributed by atoms with van der Waals surface area (Å²) in [5, 5.41) is 21.1. The molecule has 2 heterocycles. The number of nitrogens with zero attached hydrogens (tertiary/aromatic N) is 3. The lowest BCUT2D eigenvalue weighted by atomic mass is 9.86. The van der Waals surface area contributed by atoms with E-state index in [4.69, 9.17) is 10.00 Å². The Morgan fingerprint density at radius 2 is 2.07 bits per heavy atom. The van der Waals surface area contributed by atoms with Crippen LogP contribution in [0.25, 0.3) is 0 Å². The van der Waals surface area contributed by atoms with Gasteiger partial charge in [0.15, 0.2) is 0 Å². The molecule has 1 aliphatic heterocycles. The largest absolute Gasteiger partial charge is 0.497 e. The van der Waals surface area contributed by atoms with Gasteiger partial charge in [0.1, 0.15) is 17.6 Å². The molecule has 8 nitrogen and oxygen atoms in total. The standard InChI is InChI=1S/C19H18N4O4/c1-27-14-4-2-12(3-5-14)11-23(19(25)26)17-9-13(6-7-21-17)8-15-16(10-20)22-18(15)24/h2-7,9,15-16H,8,11H2,1H3,(H,22,24)(H,25,26). The molecule has 1 saturated heterocycles. The number of carbonyl (C=O) groups excluding carboxylic acids is 1. The van der Waals surface area contributed by atoms with Crippen LogP contribution >= 0.6 is 0 Å². The van der Waals surface area contributed by atoms with Crippen molar-refractivity contribution in [3.05, 3.63) is 53.7 Å². The van der Waals surface area contributed by atoms with Crippen molar-refractivity contribution < 1.29 is 19.4 Å². The summed E-state index contributed by atoms with van der Waals surface area (Å²) < 4.78 is 5.10. The van der Waals surface area contributed by atoms with E-state index >= 15 is 0 Å². The van der Waals surface area contributed by atoms with Gasteiger partial charge in [-0.1, -0.05) is 12.1 Å². The van der Waals surface area contributed by atoms with E-state index in [0.29, 0.717) is 12.2 Å². The molecule has 1 fully saturated rings. The fourth-order valence-electron chi connectivity index (χ4n) is 2.90. The molecule has 3 rings (SSSR count). The van der Waals surface area contributed by atoms with Crippen molar-refractivity contribution in [1.29, 1.82) is 5.26 Å². The van der Waals surface area contributed by atoms with Crippen molar-refractivity contribution in [2.75, 3.05) is 12.0 Å². The zero-order chi connectivity index (χ0) is 19.4. The van der Waals surface area contributed by atoms with E-state index in [1.165, 1.54) is 6.20 Å². The number of amides is 2. The maximum atomic E-state index is 11.7. The second-order valence-corrected chi connectivity index (χ2v) is 6.17. The molecule has 0 bridgehead atoms. The average Bonchev–Trinajstić information content (AvgIpc) is 2.68. The van der Waals surface area contributed by atoms with Crippen molar-refractivity contribution in [3.8, 4) is 11.8 Å². The van der Waals surface area contributed by atoms with Gasteiger partial charge in [0.25, 0.3) is 0 Å². The number of benzene rings is 1.